The summed E-state index contributed by atoms with van der Waals surface area (Å²) in [4.78, 5) is 16.9. The summed E-state index contributed by atoms with van der Waals surface area (Å²) in [5.74, 6) is 0.533. The molecule has 36 heavy (non-hydrogen) atoms. The van der Waals surface area contributed by atoms with Gasteiger partial charge in [-0.1, -0.05) is 36.4 Å². The number of urea groups is 1. The molecule has 190 valence electrons. The Balaban J connectivity index is 1.71. The van der Waals surface area contributed by atoms with Gasteiger partial charge in [-0.05, 0) is 32.0 Å². The minimum Gasteiger partial charge on any atom is -0.494 e. The molecule has 0 fully saturated rings. The highest BCUT2D eigenvalue weighted by Gasteiger charge is 2.29. The van der Waals surface area contributed by atoms with E-state index in [1.54, 1.807) is 24.2 Å². The summed E-state index contributed by atoms with van der Waals surface area (Å²) in [6, 6.07) is 14.5. The number of rotatable bonds is 9. The van der Waals surface area contributed by atoms with E-state index in [9.17, 15) is 9.18 Å². The van der Waals surface area contributed by atoms with Crippen LogP contribution in [-0.4, -0.2) is 51.9 Å². The maximum Gasteiger partial charge on any atom is 0.318 e. The maximum atomic E-state index is 14.4. The standard InChI is InChI=1S/C28H34FN5O2/c1-5-15-30-28(35)33(20(2)3)19-24-22-18-32(17-21-10-6-7-11-23(21)29)16-14-25(22)34(31-24)26-12-8-9-13-27(26)36-4/h5-13,20H,1,14-19H2,2-4H3,(H,30,35). The average molecular weight is 492 g/mol. The van der Waals surface area contributed by atoms with Crippen LogP contribution in [0.5, 0.6) is 5.75 Å². The predicted molar refractivity (Wildman–Crippen MR) is 139 cm³/mol. The van der Waals surface area contributed by atoms with Crippen LogP contribution in [0.4, 0.5) is 9.18 Å². The molecule has 2 aromatic carbocycles. The second-order valence-corrected chi connectivity index (χ2v) is 9.20. The minimum absolute atomic E-state index is 0.0278. The second-order valence-electron chi connectivity index (χ2n) is 9.20. The minimum atomic E-state index is -0.196. The summed E-state index contributed by atoms with van der Waals surface area (Å²) in [6.07, 6.45) is 2.41. The van der Waals surface area contributed by atoms with Gasteiger partial charge in [0.2, 0.25) is 0 Å². The zero-order chi connectivity index (χ0) is 25.7. The number of methoxy groups -OCH3 is 1. The third kappa shape index (κ3) is 5.44. The summed E-state index contributed by atoms with van der Waals surface area (Å²) in [6.45, 7) is 10.3. The lowest BCUT2D eigenvalue weighted by molar-refractivity contribution is 0.179. The number of hydrogen-bond donors (Lipinski definition) is 1. The highest BCUT2D eigenvalue weighted by Crippen LogP contribution is 2.31. The van der Waals surface area contributed by atoms with Gasteiger partial charge in [0.05, 0.1) is 25.0 Å². The Morgan fingerprint density at radius 2 is 2.00 bits per heavy atom. The summed E-state index contributed by atoms with van der Waals surface area (Å²) in [5.41, 5.74) is 4.53. The Bertz CT molecular complexity index is 1220. The molecule has 0 atom stereocenters. The lowest BCUT2D eigenvalue weighted by Crippen LogP contribution is -2.43. The van der Waals surface area contributed by atoms with Crippen LogP contribution in [0.1, 0.15) is 36.4 Å². The molecule has 2 amide bonds. The number of amides is 2. The van der Waals surface area contributed by atoms with E-state index in [1.165, 1.54) is 6.07 Å². The van der Waals surface area contributed by atoms with Gasteiger partial charge in [0.15, 0.2) is 0 Å². The number of carbonyl (C=O) groups is 1. The molecule has 0 bridgehead atoms. The van der Waals surface area contributed by atoms with Crippen molar-refractivity contribution >= 4 is 6.03 Å². The first-order valence-electron chi connectivity index (χ1n) is 12.3. The van der Waals surface area contributed by atoms with Gasteiger partial charge in [0.1, 0.15) is 17.3 Å². The van der Waals surface area contributed by atoms with Gasteiger partial charge in [-0.3, -0.25) is 4.90 Å². The molecular weight excluding hydrogens is 457 g/mol. The predicted octanol–water partition coefficient (Wildman–Crippen LogP) is 4.68. The van der Waals surface area contributed by atoms with Gasteiger partial charge < -0.3 is 15.0 Å². The van der Waals surface area contributed by atoms with Crippen LogP contribution in [0.2, 0.25) is 0 Å². The fourth-order valence-corrected chi connectivity index (χ4v) is 4.59. The van der Waals surface area contributed by atoms with Crippen molar-refractivity contribution in [1.29, 1.82) is 0 Å². The fraction of sp³-hybridized carbons (Fsp3) is 0.357. The average Bonchev–Trinajstić information content (AvgIpc) is 3.24. The van der Waals surface area contributed by atoms with Gasteiger partial charge >= 0.3 is 6.03 Å². The van der Waals surface area contributed by atoms with Crippen molar-refractivity contribution in [3.8, 4) is 11.4 Å². The van der Waals surface area contributed by atoms with Crippen LogP contribution in [0, 0.1) is 5.82 Å². The molecule has 1 aliphatic heterocycles. The smallest absolute Gasteiger partial charge is 0.318 e. The lowest BCUT2D eigenvalue weighted by atomic mass is 10.0. The third-order valence-electron chi connectivity index (χ3n) is 6.49. The van der Waals surface area contributed by atoms with E-state index in [1.807, 2.05) is 54.9 Å². The van der Waals surface area contributed by atoms with E-state index in [-0.39, 0.29) is 17.9 Å². The molecule has 0 saturated heterocycles. The maximum absolute atomic E-state index is 14.4. The molecule has 0 saturated carbocycles. The van der Waals surface area contributed by atoms with Gasteiger partial charge in [0, 0.05) is 49.8 Å². The van der Waals surface area contributed by atoms with Gasteiger partial charge in [0.25, 0.3) is 0 Å². The van der Waals surface area contributed by atoms with Crippen LogP contribution in [0.15, 0.2) is 61.2 Å². The van der Waals surface area contributed by atoms with Crippen molar-refractivity contribution in [2.75, 3.05) is 20.2 Å². The Labute approximate surface area is 212 Å². The monoisotopic (exact) mass is 491 g/mol. The molecule has 1 aromatic heterocycles. The third-order valence-corrected chi connectivity index (χ3v) is 6.49. The van der Waals surface area contributed by atoms with Crippen molar-refractivity contribution in [1.82, 2.24) is 24.9 Å². The molecule has 1 N–H and O–H groups in total. The van der Waals surface area contributed by atoms with Crippen LogP contribution in [-0.2, 0) is 26.1 Å². The lowest BCUT2D eigenvalue weighted by Gasteiger charge is -2.29. The largest absolute Gasteiger partial charge is 0.494 e. The van der Waals surface area contributed by atoms with E-state index in [0.717, 1.165) is 41.4 Å². The first-order chi connectivity index (χ1) is 17.4. The summed E-state index contributed by atoms with van der Waals surface area (Å²) < 4.78 is 21.9. The number of halogens is 1. The first kappa shape index (κ1) is 25.4. The highest BCUT2D eigenvalue weighted by molar-refractivity contribution is 5.74. The van der Waals surface area contributed by atoms with E-state index in [2.05, 4.69) is 16.8 Å². The number of para-hydroxylation sites is 2. The molecule has 0 radical (unpaired) electrons. The molecule has 8 heteroatoms. The molecule has 1 aliphatic rings. The topological polar surface area (TPSA) is 62.6 Å². The van der Waals surface area contributed by atoms with Crippen LogP contribution in [0.3, 0.4) is 0 Å². The van der Waals surface area contributed by atoms with Crippen molar-refractivity contribution < 1.29 is 13.9 Å². The molecule has 7 nitrogen and oxygen atoms in total. The number of hydrogen-bond acceptors (Lipinski definition) is 4. The number of aromatic nitrogens is 2. The summed E-state index contributed by atoms with van der Waals surface area (Å²) in [7, 11) is 1.65. The molecule has 3 aromatic rings. The fourth-order valence-electron chi connectivity index (χ4n) is 4.59. The first-order valence-corrected chi connectivity index (χ1v) is 12.3. The Morgan fingerprint density at radius 1 is 1.25 bits per heavy atom. The summed E-state index contributed by atoms with van der Waals surface area (Å²) in [5, 5.41) is 7.89. The molecule has 0 unspecified atom stereocenters. The highest BCUT2D eigenvalue weighted by atomic mass is 19.1. The number of nitrogens with zero attached hydrogens (tertiary/aromatic N) is 4. The second kappa shape index (κ2) is 11.4. The normalized spacial score (nSPS) is 13.4. The number of nitrogens with one attached hydrogen (secondary N) is 1. The van der Waals surface area contributed by atoms with Crippen molar-refractivity contribution in [3.05, 3.63) is 89.5 Å². The van der Waals surface area contributed by atoms with Crippen LogP contribution in [0.25, 0.3) is 5.69 Å². The number of fused-ring (bicyclic) bond motifs is 1. The Kier molecular flexibility index (Phi) is 8.05. The van der Waals surface area contributed by atoms with Crippen molar-refractivity contribution in [2.45, 2.75) is 45.9 Å². The van der Waals surface area contributed by atoms with E-state index in [4.69, 9.17) is 9.84 Å². The molecular formula is C28H34FN5O2. The number of carbonyl (C=O) groups excluding carboxylic acids is 1. The van der Waals surface area contributed by atoms with Gasteiger partial charge in [-0.2, -0.15) is 5.10 Å². The van der Waals surface area contributed by atoms with Crippen molar-refractivity contribution in [3.63, 3.8) is 0 Å². The molecule has 4 rings (SSSR count). The summed E-state index contributed by atoms with van der Waals surface area (Å²) >= 11 is 0. The zero-order valence-electron chi connectivity index (χ0n) is 21.2. The van der Waals surface area contributed by atoms with Gasteiger partial charge in [-0.25, -0.2) is 13.9 Å². The quantitative estimate of drug-likeness (QED) is 0.442. The van der Waals surface area contributed by atoms with E-state index >= 15 is 0 Å². The molecule has 0 spiro atoms. The molecule has 2 heterocycles. The number of ether oxygens (including phenoxy) is 1. The number of benzene rings is 2. The zero-order valence-corrected chi connectivity index (χ0v) is 21.2. The van der Waals surface area contributed by atoms with Crippen LogP contribution >= 0.6 is 0 Å². The van der Waals surface area contributed by atoms with Crippen molar-refractivity contribution in [2.24, 2.45) is 0 Å². The van der Waals surface area contributed by atoms with Crippen LogP contribution < -0.4 is 10.1 Å². The van der Waals surface area contributed by atoms with Gasteiger partial charge in [-0.15, -0.1) is 6.58 Å². The Hall–Kier alpha value is -3.65. The SMILES string of the molecule is C=CCNC(=O)N(Cc1nn(-c2ccccc2OC)c2c1CN(Cc1ccccc1F)CC2)C(C)C. The van der Waals surface area contributed by atoms with E-state index < -0.39 is 0 Å². The Morgan fingerprint density at radius 3 is 2.72 bits per heavy atom. The molecule has 0 aliphatic carbocycles. The van der Waals surface area contributed by atoms with E-state index in [0.29, 0.717) is 31.7 Å².